The van der Waals surface area contributed by atoms with Crippen LogP contribution in [0.15, 0.2) is 0 Å². The van der Waals surface area contributed by atoms with E-state index >= 15 is 0 Å². The third kappa shape index (κ3) is 13.1. The normalized spacial score (nSPS) is 12.1. The summed E-state index contributed by atoms with van der Waals surface area (Å²) in [7, 11) is 0. The molecule has 0 fully saturated rings. The maximum Gasteiger partial charge on any atom is 0.306 e. The number of nitrogens with one attached hydrogen (secondary N) is 1. The first kappa shape index (κ1) is 17.9. The molecule has 0 aromatic carbocycles. The fourth-order valence-electron chi connectivity index (χ4n) is 1.84. The number of carboxylic acids is 1. The highest BCUT2D eigenvalue weighted by Crippen LogP contribution is 2.08. The number of amides is 1. The topological polar surface area (TPSA) is 86.6 Å². The van der Waals surface area contributed by atoms with Gasteiger partial charge in [0, 0.05) is 13.0 Å². The zero-order valence-corrected chi connectivity index (χ0v) is 11.9. The van der Waals surface area contributed by atoms with Gasteiger partial charge in [0.15, 0.2) is 0 Å². The molecule has 0 spiro atoms. The molecular weight excluding hydrogens is 246 g/mol. The van der Waals surface area contributed by atoms with E-state index in [9.17, 15) is 14.7 Å². The Morgan fingerprint density at radius 3 is 2.21 bits per heavy atom. The van der Waals surface area contributed by atoms with Crippen LogP contribution in [0.3, 0.4) is 0 Å². The quantitative estimate of drug-likeness (QED) is 0.475. The number of rotatable bonds is 12. The minimum absolute atomic E-state index is 0.0155. The maximum atomic E-state index is 11.4. The molecule has 3 N–H and O–H groups in total. The van der Waals surface area contributed by atoms with E-state index in [0.29, 0.717) is 6.42 Å². The lowest BCUT2D eigenvalue weighted by Crippen LogP contribution is -2.33. The Bertz CT molecular complexity index is 256. The van der Waals surface area contributed by atoms with E-state index in [4.69, 9.17) is 5.11 Å². The van der Waals surface area contributed by atoms with Crippen LogP contribution in [0, 0.1) is 0 Å². The maximum absolute atomic E-state index is 11.4. The van der Waals surface area contributed by atoms with Gasteiger partial charge >= 0.3 is 5.97 Å². The lowest BCUT2D eigenvalue weighted by Gasteiger charge is -2.09. The van der Waals surface area contributed by atoms with Gasteiger partial charge < -0.3 is 15.5 Å². The Morgan fingerprint density at radius 1 is 1.05 bits per heavy atom. The third-order valence-corrected chi connectivity index (χ3v) is 2.95. The zero-order chi connectivity index (χ0) is 14.5. The van der Waals surface area contributed by atoms with Gasteiger partial charge in [0.25, 0.3) is 0 Å². The third-order valence-electron chi connectivity index (χ3n) is 2.95. The van der Waals surface area contributed by atoms with E-state index in [2.05, 4.69) is 12.2 Å². The van der Waals surface area contributed by atoms with Crippen molar-refractivity contribution >= 4 is 11.9 Å². The van der Waals surface area contributed by atoms with Gasteiger partial charge in [-0.1, -0.05) is 45.4 Å². The molecule has 112 valence electrons. The van der Waals surface area contributed by atoms with E-state index in [1.54, 1.807) is 0 Å². The van der Waals surface area contributed by atoms with E-state index in [1.165, 1.54) is 25.7 Å². The SMILES string of the molecule is CCCCCCCCCC(=O)NCC(O)CC(=O)O. The molecule has 5 nitrogen and oxygen atoms in total. The number of carboxylic acid groups (broad SMARTS) is 1. The lowest BCUT2D eigenvalue weighted by atomic mass is 10.1. The van der Waals surface area contributed by atoms with Gasteiger partial charge in [-0.05, 0) is 6.42 Å². The number of hydrogen-bond donors (Lipinski definition) is 3. The molecule has 0 radical (unpaired) electrons. The average molecular weight is 273 g/mol. The first-order chi connectivity index (χ1) is 9.06. The van der Waals surface area contributed by atoms with Gasteiger partial charge in [0.05, 0.1) is 12.5 Å². The van der Waals surface area contributed by atoms with Gasteiger partial charge in [-0.25, -0.2) is 0 Å². The van der Waals surface area contributed by atoms with Crippen LogP contribution in [0.4, 0.5) is 0 Å². The van der Waals surface area contributed by atoms with Crippen LogP contribution in [-0.2, 0) is 9.59 Å². The number of aliphatic hydroxyl groups is 1. The number of carbonyl (C=O) groups is 2. The second-order valence-electron chi connectivity index (χ2n) is 4.93. The Kier molecular flexibility index (Phi) is 11.3. The van der Waals surface area contributed by atoms with E-state index in [0.717, 1.165) is 19.3 Å². The van der Waals surface area contributed by atoms with Crippen LogP contribution in [0.1, 0.15) is 64.7 Å². The summed E-state index contributed by atoms with van der Waals surface area (Å²) in [6.45, 7) is 2.20. The van der Waals surface area contributed by atoms with Crippen molar-refractivity contribution in [3.8, 4) is 0 Å². The Balaban J connectivity index is 3.37. The summed E-state index contributed by atoms with van der Waals surface area (Å²) in [6.07, 6.45) is 7.19. The number of unbranched alkanes of at least 4 members (excludes halogenated alkanes) is 6. The molecule has 0 aliphatic heterocycles. The Labute approximate surface area is 115 Å². The molecule has 0 aromatic rings. The van der Waals surface area contributed by atoms with Crippen molar-refractivity contribution in [1.82, 2.24) is 5.32 Å². The first-order valence-corrected chi connectivity index (χ1v) is 7.22. The number of hydrogen-bond acceptors (Lipinski definition) is 3. The average Bonchev–Trinajstić information content (AvgIpc) is 2.34. The van der Waals surface area contributed by atoms with Crippen molar-refractivity contribution in [1.29, 1.82) is 0 Å². The highest BCUT2D eigenvalue weighted by atomic mass is 16.4. The fraction of sp³-hybridized carbons (Fsp3) is 0.857. The summed E-state index contributed by atoms with van der Waals surface area (Å²) in [5.74, 6) is -1.17. The number of aliphatic carboxylic acids is 1. The lowest BCUT2D eigenvalue weighted by molar-refractivity contribution is -0.139. The molecular formula is C14H27NO4. The summed E-state index contributed by atoms with van der Waals surface area (Å²) in [5.41, 5.74) is 0. The standard InChI is InChI=1S/C14H27NO4/c1-2-3-4-5-6-7-8-9-13(17)15-11-12(16)10-14(18)19/h12,16H,2-11H2,1H3,(H,15,17)(H,18,19). The summed E-state index contributed by atoms with van der Waals surface area (Å²) in [6, 6.07) is 0. The molecule has 0 rings (SSSR count). The minimum atomic E-state index is -1.06. The molecule has 0 saturated carbocycles. The summed E-state index contributed by atoms with van der Waals surface area (Å²) in [5, 5.41) is 20.3. The van der Waals surface area contributed by atoms with Crippen molar-refractivity contribution < 1.29 is 19.8 Å². The molecule has 0 aliphatic carbocycles. The van der Waals surface area contributed by atoms with Crippen molar-refractivity contribution in [2.45, 2.75) is 70.8 Å². The van der Waals surface area contributed by atoms with Gasteiger partial charge in [-0.15, -0.1) is 0 Å². The van der Waals surface area contributed by atoms with Crippen molar-refractivity contribution in [2.24, 2.45) is 0 Å². The van der Waals surface area contributed by atoms with Crippen molar-refractivity contribution in [3.05, 3.63) is 0 Å². The zero-order valence-electron chi connectivity index (χ0n) is 11.9. The molecule has 19 heavy (non-hydrogen) atoms. The highest BCUT2D eigenvalue weighted by Gasteiger charge is 2.10. The summed E-state index contributed by atoms with van der Waals surface area (Å²) in [4.78, 5) is 21.7. The molecule has 0 bridgehead atoms. The molecule has 1 amide bonds. The summed E-state index contributed by atoms with van der Waals surface area (Å²) < 4.78 is 0. The van der Waals surface area contributed by atoms with E-state index in [1.807, 2.05) is 0 Å². The molecule has 1 atom stereocenters. The molecule has 0 heterocycles. The van der Waals surface area contributed by atoms with Crippen molar-refractivity contribution in [2.75, 3.05) is 6.54 Å². The molecule has 0 saturated heterocycles. The van der Waals surface area contributed by atoms with Crippen molar-refractivity contribution in [3.63, 3.8) is 0 Å². The Hall–Kier alpha value is -1.10. The molecule has 5 heteroatoms. The second kappa shape index (κ2) is 12.0. The molecule has 0 aromatic heterocycles. The van der Waals surface area contributed by atoms with Crippen LogP contribution in [0.25, 0.3) is 0 Å². The molecule has 0 aliphatic rings. The van der Waals surface area contributed by atoms with Crippen LogP contribution < -0.4 is 5.32 Å². The van der Waals surface area contributed by atoms with Gasteiger partial charge in [0.2, 0.25) is 5.91 Å². The molecule has 1 unspecified atom stereocenters. The van der Waals surface area contributed by atoms with Gasteiger partial charge in [0.1, 0.15) is 0 Å². The monoisotopic (exact) mass is 273 g/mol. The number of carbonyl (C=O) groups excluding carboxylic acids is 1. The second-order valence-corrected chi connectivity index (χ2v) is 4.93. The Morgan fingerprint density at radius 2 is 1.63 bits per heavy atom. The van der Waals surface area contributed by atoms with E-state index < -0.39 is 12.1 Å². The minimum Gasteiger partial charge on any atom is -0.481 e. The highest BCUT2D eigenvalue weighted by molar-refractivity contribution is 5.76. The fourth-order valence-corrected chi connectivity index (χ4v) is 1.84. The largest absolute Gasteiger partial charge is 0.481 e. The predicted octanol–water partition coefficient (Wildman–Crippen LogP) is 2.08. The van der Waals surface area contributed by atoms with E-state index in [-0.39, 0.29) is 18.9 Å². The van der Waals surface area contributed by atoms with Crippen LogP contribution >= 0.6 is 0 Å². The van der Waals surface area contributed by atoms with Crippen LogP contribution in [-0.4, -0.2) is 34.7 Å². The predicted molar refractivity (Wildman–Crippen MR) is 73.9 cm³/mol. The smallest absolute Gasteiger partial charge is 0.306 e. The van der Waals surface area contributed by atoms with Crippen LogP contribution in [0.2, 0.25) is 0 Å². The van der Waals surface area contributed by atoms with Gasteiger partial charge in [-0.3, -0.25) is 9.59 Å². The van der Waals surface area contributed by atoms with Gasteiger partial charge in [-0.2, -0.15) is 0 Å². The first-order valence-electron chi connectivity index (χ1n) is 7.22. The van der Waals surface area contributed by atoms with Crippen LogP contribution in [0.5, 0.6) is 0 Å². The number of aliphatic hydroxyl groups excluding tert-OH is 1. The summed E-state index contributed by atoms with van der Waals surface area (Å²) >= 11 is 0.